The Morgan fingerprint density at radius 1 is 0.347 bits per heavy atom. The number of unbranched alkanes of at least 4 members (excludes halogenated alkanes) is 3. The molecule has 4 amide bonds. The maximum atomic E-state index is 13.4. The van der Waals surface area contributed by atoms with Crippen LogP contribution in [0.1, 0.15) is 235 Å². The van der Waals surface area contributed by atoms with Crippen LogP contribution in [0.3, 0.4) is 0 Å². The second-order valence-electron chi connectivity index (χ2n) is 33.2. The second-order valence-corrected chi connectivity index (χ2v) is 33.2. The van der Waals surface area contributed by atoms with E-state index in [-0.39, 0.29) is 88.8 Å². The summed E-state index contributed by atoms with van der Waals surface area (Å²) in [7, 11) is 2.64. The number of benzene rings is 8. The van der Waals surface area contributed by atoms with Gasteiger partial charge in [-0.05, 0) is 158 Å². The number of methoxy groups -OCH3 is 2. The molecule has 0 fully saturated rings. The molecule has 0 saturated carbocycles. The van der Waals surface area contributed by atoms with Crippen molar-refractivity contribution in [3.05, 3.63) is 424 Å². The second kappa shape index (κ2) is 67.3. The predicted molar refractivity (Wildman–Crippen MR) is 581 cm³/mol. The van der Waals surface area contributed by atoms with E-state index in [0.717, 1.165) is 83.0 Å². The van der Waals surface area contributed by atoms with Crippen LogP contribution < -0.4 is 60.7 Å². The van der Waals surface area contributed by atoms with Crippen molar-refractivity contribution in [1.29, 1.82) is 5.41 Å². The van der Waals surface area contributed by atoms with Crippen LogP contribution >= 0.6 is 41.8 Å². The van der Waals surface area contributed by atoms with Gasteiger partial charge >= 0.3 is 29.8 Å². The fraction of sp³-hybridized carbons (Fsp3) is 0.295. The minimum atomic E-state index is -1.18. The number of pyridine rings is 4. The standard InChI is InChI=1S/C26H28N4O4.C26H28N2O4.C25H26N2O4.C24H25N3O4.C7H15NO2.C4H9NO.BrH.2ClH/c1-18(27)28-16-8-15-22(26(33)34)29-24(31)21-14-9-17-30(25(21)32)23(19-10-4-2-5-11-19)20-12-6-3-7-13-20;1-3-4-17-22(26(31)32-2)27-24(29)21-16-11-18-28(25(21)30)23(19-12-7-5-8-13-19)20-14-9-6-10-15-20;1-2-3-16-21(25(30)31)26-23(28)20-15-10-17-27(24(20)29)22(18-11-6-4-7-12-18)19-13-8-5-9-14-19;25-15-7-14-20(24(30)31)26-22(28)19-13-8-16-27(23(19)29)21(17-9-3-1-4-10-17)18-11-5-2-6-12-18;1-3-4-5-6(8)7(9)10-2;1-3-6-4(2)5;;;/h2-7,9-14,17,22-23H,8,15-16H2,1H3,(H2,27,28)(H,29,31)(H,33,34);5-16,18,22-23H,3-4,17H2,1-2H3,(H,27,29);4-15,17,21-22H,2-3,16H2,1H3,(H,26,28)(H,30,31);1-6,8-13,16,20-21H,7,14-15,25H2,(H,26,28)(H,30,31);6H,3-5,8H2,1-2H3;5H,3H2,1-2H3;3*1H/t2*22-;21-;20-;6-;;;;/m00000..../s1. The number of carboxylic acids is 3. The molecule has 0 aliphatic heterocycles. The van der Waals surface area contributed by atoms with Crippen molar-refractivity contribution in [2.24, 2.45) is 22.2 Å². The van der Waals surface area contributed by atoms with Gasteiger partial charge in [-0.1, -0.05) is 302 Å². The van der Waals surface area contributed by atoms with Gasteiger partial charge in [0.05, 0.1) is 50.8 Å². The maximum Gasteiger partial charge on any atom is 0.328 e. The maximum absolute atomic E-state index is 13.4. The number of carbonyl (C=O) groups is 9. The minimum absolute atomic E-state index is 0. The van der Waals surface area contributed by atoms with Crippen LogP contribution in [0.25, 0.3) is 0 Å². The zero-order valence-corrected chi connectivity index (χ0v) is 86.9. The van der Waals surface area contributed by atoms with E-state index in [1.54, 1.807) is 67.5 Å². The predicted octanol–water partition coefficient (Wildman–Crippen LogP) is 16.2. The van der Waals surface area contributed by atoms with Crippen molar-refractivity contribution in [3.63, 3.8) is 0 Å². The monoisotopic (exact) mass is 2110 g/mol. The first-order chi connectivity index (χ1) is 69.5. The quantitative estimate of drug-likeness (QED) is 0.00732. The average Bonchev–Trinajstić information content (AvgIpc) is 0.800. The van der Waals surface area contributed by atoms with E-state index in [2.05, 4.69) is 42.7 Å². The van der Waals surface area contributed by atoms with Gasteiger partial charge < -0.3 is 86.3 Å². The summed E-state index contributed by atoms with van der Waals surface area (Å²) in [5.41, 5.74) is 21.3. The number of aliphatic carboxylic acids is 3. The highest BCUT2D eigenvalue weighted by Crippen LogP contribution is 2.31. The van der Waals surface area contributed by atoms with E-state index < -0.39 is 124 Å². The number of ether oxygens (including phenoxy) is 3. The molecule has 32 nitrogen and oxygen atoms in total. The SMILES string of the molecule is Br.CC(N)=NCCC[C@H](NC(=O)c1cccn(C(c2ccccc2)c2ccccc2)c1=O)C(=O)O.CCCC[C@H](N)C(=O)OC.CCCC[C@H](NC(=O)c1cccn(C(c2ccccc2)c2ccccc2)c1=O)C(=O)O.CCCC[C@H](NC(=O)c1cccn(C(c2ccccc2)c2ccccc2)c1=O)C(=O)OC.CCOC(C)=N.Cl.Cl.NCCC[C@H](NC(=O)c1cccn(C(c2ccccc2)c2ccccc2)c1=O)C(=O)O. The van der Waals surface area contributed by atoms with Crippen molar-refractivity contribution >= 4 is 107 Å². The summed E-state index contributed by atoms with van der Waals surface area (Å²) in [6, 6.07) is 82.6. The Bertz CT molecular complexity index is 6020. The number of aromatic nitrogens is 4. The molecule has 0 aliphatic rings. The molecule has 4 aromatic heterocycles. The zero-order chi connectivity index (χ0) is 105. The van der Waals surface area contributed by atoms with E-state index in [0.29, 0.717) is 57.6 Å². The number of amidine groups is 1. The van der Waals surface area contributed by atoms with Crippen molar-refractivity contribution in [2.75, 3.05) is 33.9 Å². The lowest BCUT2D eigenvalue weighted by Crippen LogP contribution is -2.44. The molecule has 8 aromatic carbocycles. The summed E-state index contributed by atoms with van der Waals surface area (Å²) in [4.78, 5) is 166. The lowest BCUT2D eigenvalue weighted by molar-refractivity contribution is -0.143. The molecule has 35 heteroatoms. The van der Waals surface area contributed by atoms with Gasteiger partial charge in [0.15, 0.2) is 5.90 Å². The van der Waals surface area contributed by atoms with Gasteiger partial charge in [-0.25, -0.2) is 19.2 Å². The van der Waals surface area contributed by atoms with E-state index in [1.165, 1.54) is 52.2 Å². The van der Waals surface area contributed by atoms with Gasteiger partial charge in [0.1, 0.15) is 52.5 Å². The summed E-state index contributed by atoms with van der Waals surface area (Å²) in [5.74, 6) is -6.29. The number of nitrogens with one attached hydrogen (secondary N) is 5. The molecule has 0 radical (unpaired) electrons. The summed E-state index contributed by atoms with van der Waals surface area (Å²) < 4.78 is 19.9. The van der Waals surface area contributed by atoms with Gasteiger partial charge in [-0.15, -0.1) is 41.8 Å². The van der Waals surface area contributed by atoms with Crippen LogP contribution in [0.4, 0.5) is 0 Å². The van der Waals surface area contributed by atoms with Crippen LogP contribution in [0.5, 0.6) is 0 Å². The van der Waals surface area contributed by atoms with Gasteiger partial charge in [0, 0.05) is 38.3 Å². The molecule has 0 spiro atoms. The fourth-order valence-corrected chi connectivity index (χ4v) is 15.4. The molecule has 147 heavy (non-hydrogen) atoms. The largest absolute Gasteiger partial charge is 0.482 e. The highest BCUT2D eigenvalue weighted by molar-refractivity contribution is 8.93. The third kappa shape index (κ3) is 39.3. The topological polar surface area (TPSA) is 492 Å². The van der Waals surface area contributed by atoms with Crippen LogP contribution in [-0.4, -0.2) is 163 Å². The Morgan fingerprint density at radius 3 is 0.776 bits per heavy atom. The number of carboxylic acid groups (broad SMARTS) is 3. The van der Waals surface area contributed by atoms with Crippen LogP contribution in [0, 0.1) is 5.41 Å². The number of hydrogen-bond donors (Lipinski definition) is 11. The number of nitrogens with zero attached hydrogens (tertiary/aromatic N) is 5. The normalized spacial score (nSPS) is 11.6. The molecule has 0 bridgehead atoms. The smallest absolute Gasteiger partial charge is 0.328 e. The molecule has 14 N–H and O–H groups in total. The number of nitrogens with two attached hydrogens (primary N) is 3. The van der Waals surface area contributed by atoms with Gasteiger partial charge in [0.2, 0.25) is 0 Å². The number of halogens is 3. The Hall–Kier alpha value is -15.3. The molecule has 0 saturated heterocycles. The first kappa shape index (κ1) is 124. The zero-order valence-electron chi connectivity index (χ0n) is 83.6. The summed E-state index contributed by atoms with van der Waals surface area (Å²) >= 11 is 0. The first-order valence-electron chi connectivity index (χ1n) is 47.7. The van der Waals surface area contributed by atoms with Crippen LogP contribution in [-0.2, 0) is 38.2 Å². The van der Waals surface area contributed by atoms with Crippen LogP contribution in [0.15, 0.2) is 340 Å². The Kier molecular flexibility index (Phi) is 56.8. The number of esters is 2. The fourth-order valence-electron chi connectivity index (χ4n) is 15.4. The lowest BCUT2D eigenvalue weighted by atomic mass is 9.98. The molecular weight excluding hydrogens is 1980 g/mol. The third-order valence-electron chi connectivity index (χ3n) is 22.6. The molecule has 0 aliphatic carbocycles. The van der Waals surface area contributed by atoms with E-state index >= 15 is 0 Å². The van der Waals surface area contributed by atoms with E-state index in [1.807, 2.05) is 263 Å². The Morgan fingerprint density at radius 2 is 0.571 bits per heavy atom. The highest BCUT2D eigenvalue weighted by atomic mass is 79.9. The molecule has 12 rings (SSSR count). The number of amides is 4. The highest BCUT2D eigenvalue weighted by Gasteiger charge is 2.31. The molecule has 0 unspecified atom stereocenters. The number of rotatable bonds is 42. The van der Waals surface area contributed by atoms with Gasteiger partial charge in [-0.2, -0.15) is 0 Å². The Labute approximate surface area is 878 Å². The van der Waals surface area contributed by atoms with E-state index in [9.17, 15) is 77.6 Å². The average molecular weight is 2120 g/mol. The molecule has 4 heterocycles. The van der Waals surface area contributed by atoms with Crippen molar-refractivity contribution in [1.82, 2.24) is 39.5 Å². The van der Waals surface area contributed by atoms with Crippen molar-refractivity contribution in [2.45, 2.75) is 179 Å². The number of aliphatic imine (C=N–C) groups is 1. The minimum Gasteiger partial charge on any atom is -0.482 e. The van der Waals surface area contributed by atoms with Gasteiger partial charge in [0.25, 0.3) is 45.9 Å². The number of hydrogen-bond acceptors (Lipinski definition) is 20. The lowest BCUT2D eigenvalue weighted by Gasteiger charge is -2.22. The summed E-state index contributed by atoms with van der Waals surface area (Å²) in [6.45, 7) is 12.4. The molecule has 12 aromatic rings. The van der Waals surface area contributed by atoms with E-state index in [4.69, 9.17) is 27.3 Å². The van der Waals surface area contributed by atoms with Crippen molar-refractivity contribution in [3.8, 4) is 0 Å². The molecule has 5 atom stereocenters. The summed E-state index contributed by atoms with van der Waals surface area (Å²) in [5, 5.41) is 45.1. The summed E-state index contributed by atoms with van der Waals surface area (Å²) in [6.07, 6.45) is 14.5. The van der Waals surface area contributed by atoms with Gasteiger partial charge in [-0.3, -0.25) is 53.6 Å². The molecule has 782 valence electrons. The van der Waals surface area contributed by atoms with Crippen molar-refractivity contribution < 1.29 is 72.7 Å². The van der Waals surface area contributed by atoms with Crippen LogP contribution in [0.2, 0.25) is 0 Å². The Balaban J connectivity index is 0.000000385. The first-order valence-corrected chi connectivity index (χ1v) is 47.7. The number of carbonyl (C=O) groups excluding carboxylic acids is 6. The third-order valence-corrected chi connectivity index (χ3v) is 22.6. The molecular formula is C112H134BrCl2N13O19.